The van der Waals surface area contributed by atoms with Gasteiger partial charge in [0.15, 0.2) is 12.4 Å². The molecule has 0 radical (unpaired) electrons. The molecule has 0 unspecified atom stereocenters. The van der Waals surface area contributed by atoms with E-state index in [1.807, 2.05) is 36.4 Å². The molecule has 0 bridgehead atoms. The molecule has 5 nitrogen and oxygen atoms in total. The lowest BCUT2D eigenvalue weighted by atomic mass is 10.0. The van der Waals surface area contributed by atoms with Crippen molar-refractivity contribution in [2.45, 2.75) is 25.7 Å². The third-order valence-corrected chi connectivity index (χ3v) is 5.27. The summed E-state index contributed by atoms with van der Waals surface area (Å²) in [7, 11) is 0. The summed E-state index contributed by atoms with van der Waals surface area (Å²) in [6.45, 7) is 0.159. The standard InChI is InChI=1S/C22H22BrNO4/c23-19-11-9-17(10-12-19)16-5-7-18(8-6-16)20(25)15-28-22(27)14-24-13-3-1-2-4-21(24)26/h5-12H,1-4,13-15H2. The molecular formula is C22H22BrNO4. The molecule has 2 aromatic rings. The van der Waals surface area contributed by atoms with Gasteiger partial charge in [-0.1, -0.05) is 58.7 Å². The van der Waals surface area contributed by atoms with Crippen molar-refractivity contribution in [3.8, 4) is 11.1 Å². The van der Waals surface area contributed by atoms with Crippen molar-refractivity contribution in [3.05, 3.63) is 58.6 Å². The fourth-order valence-corrected chi connectivity index (χ4v) is 3.39. The predicted molar refractivity (Wildman–Crippen MR) is 110 cm³/mol. The molecule has 28 heavy (non-hydrogen) atoms. The van der Waals surface area contributed by atoms with Crippen molar-refractivity contribution in [1.82, 2.24) is 4.90 Å². The highest BCUT2D eigenvalue weighted by atomic mass is 79.9. The topological polar surface area (TPSA) is 63.7 Å². The SMILES string of the molecule is O=C(CN1CCCCCC1=O)OCC(=O)c1ccc(-c2ccc(Br)cc2)cc1. The molecule has 1 heterocycles. The molecule has 1 saturated heterocycles. The van der Waals surface area contributed by atoms with Crippen LogP contribution in [0.3, 0.4) is 0 Å². The summed E-state index contributed by atoms with van der Waals surface area (Å²) in [6, 6.07) is 15.1. The maximum Gasteiger partial charge on any atom is 0.326 e. The molecule has 0 aliphatic carbocycles. The Bertz CT molecular complexity index is 846. The van der Waals surface area contributed by atoms with Crippen LogP contribution in [-0.2, 0) is 14.3 Å². The van der Waals surface area contributed by atoms with E-state index < -0.39 is 5.97 Å². The van der Waals surface area contributed by atoms with E-state index in [0.717, 1.165) is 34.9 Å². The van der Waals surface area contributed by atoms with Gasteiger partial charge in [0.25, 0.3) is 0 Å². The molecule has 0 spiro atoms. The van der Waals surface area contributed by atoms with E-state index in [9.17, 15) is 14.4 Å². The molecule has 2 aromatic carbocycles. The number of ether oxygens (including phenoxy) is 1. The van der Waals surface area contributed by atoms with Crippen molar-refractivity contribution in [3.63, 3.8) is 0 Å². The monoisotopic (exact) mass is 443 g/mol. The summed E-state index contributed by atoms with van der Waals surface area (Å²) in [5.41, 5.74) is 2.54. The lowest BCUT2D eigenvalue weighted by molar-refractivity contribution is -0.148. The Hall–Kier alpha value is -2.47. The van der Waals surface area contributed by atoms with Crippen LogP contribution in [0, 0.1) is 0 Å². The number of likely N-dealkylation sites (tertiary alicyclic amines) is 1. The summed E-state index contributed by atoms with van der Waals surface area (Å²) in [4.78, 5) is 37.7. The second-order valence-corrected chi connectivity index (χ2v) is 7.71. The fourth-order valence-electron chi connectivity index (χ4n) is 3.13. The van der Waals surface area contributed by atoms with Crippen LogP contribution < -0.4 is 0 Å². The molecule has 146 valence electrons. The van der Waals surface area contributed by atoms with Gasteiger partial charge in [0.1, 0.15) is 6.54 Å². The molecular weight excluding hydrogens is 422 g/mol. The summed E-state index contributed by atoms with van der Waals surface area (Å²) < 4.78 is 6.10. The van der Waals surface area contributed by atoms with Gasteiger partial charge in [0.05, 0.1) is 0 Å². The van der Waals surface area contributed by atoms with Gasteiger partial charge in [0.2, 0.25) is 5.91 Å². The van der Waals surface area contributed by atoms with E-state index in [1.165, 1.54) is 4.90 Å². The summed E-state index contributed by atoms with van der Waals surface area (Å²) in [6.07, 6.45) is 3.21. The molecule has 0 atom stereocenters. The highest BCUT2D eigenvalue weighted by Crippen LogP contribution is 2.22. The number of amides is 1. The van der Waals surface area contributed by atoms with Crippen LogP contribution in [0.25, 0.3) is 11.1 Å². The van der Waals surface area contributed by atoms with Crippen LogP contribution >= 0.6 is 15.9 Å². The van der Waals surface area contributed by atoms with Crippen molar-refractivity contribution >= 4 is 33.6 Å². The third-order valence-electron chi connectivity index (χ3n) is 4.74. The maximum absolute atomic E-state index is 12.3. The molecule has 3 rings (SSSR count). The first-order valence-corrected chi connectivity index (χ1v) is 10.1. The lowest BCUT2D eigenvalue weighted by Gasteiger charge is -2.19. The highest BCUT2D eigenvalue weighted by molar-refractivity contribution is 9.10. The van der Waals surface area contributed by atoms with Crippen LogP contribution in [0.5, 0.6) is 0 Å². The molecule has 0 saturated carbocycles. The Balaban J connectivity index is 1.52. The van der Waals surface area contributed by atoms with Crippen molar-refractivity contribution in [2.24, 2.45) is 0 Å². The molecule has 1 amide bonds. The molecule has 1 fully saturated rings. The second kappa shape index (κ2) is 9.64. The number of rotatable bonds is 6. The van der Waals surface area contributed by atoms with Gasteiger partial charge >= 0.3 is 5.97 Å². The smallest absolute Gasteiger partial charge is 0.326 e. The molecule has 0 N–H and O–H groups in total. The average molecular weight is 444 g/mol. The van der Waals surface area contributed by atoms with Gasteiger partial charge in [-0.05, 0) is 36.1 Å². The largest absolute Gasteiger partial charge is 0.456 e. The summed E-state index contributed by atoms with van der Waals surface area (Å²) >= 11 is 3.41. The molecule has 0 aromatic heterocycles. The van der Waals surface area contributed by atoms with Crippen LogP contribution in [0.4, 0.5) is 0 Å². The lowest BCUT2D eigenvalue weighted by Crippen LogP contribution is -2.36. The van der Waals surface area contributed by atoms with Gasteiger partial charge in [-0.15, -0.1) is 0 Å². The van der Waals surface area contributed by atoms with Crippen molar-refractivity contribution in [2.75, 3.05) is 19.7 Å². The first-order chi connectivity index (χ1) is 13.5. The Morgan fingerprint density at radius 2 is 1.57 bits per heavy atom. The van der Waals surface area contributed by atoms with Crippen LogP contribution in [0.15, 0.2) is 53.0 Å². The number of nitrogens with zero attached hydrogens (tertiary/aromatic N) is 1. The predicted octanol–water partition coefficient (Wildman–Crippen LogP) is 4.24. The number of benzene rings is 2. The molecule has 1 aliphatic heterocycles. The van der Waals surface area contributed by atoms with Gasteiger partial charge in [-0.3, -0.25) is 14.4 Å². The van der Waals surface area contributed by atoms with Gasteiger partial charge < -0.3 is 9.64 Å². The minimum absolute atomic E-state index is 0.0238. The number of Topliss-reactive ketones (excluding diaryl/α,β-unsaturated/α-hetero) is 1. The molecule has 6 heteroatoms. The summed E-state index contributed by atoms with van der Waals surface area (Å²) in [5, 5.41) is 0. The van der Waals surface area contributed by atoms with Gasteiger partial charge in [0, 0.05) is 23.0 Å². The van der Waals surface area contributed by atoms with E-state index in [0.29, 0.717) is 18.5 Å². The number of halogens is 1. The Kier molecular flexibility index (Phi) is 6.98. The van der Waals surface area contributed by atoms with Crippen LogP contribution in [0.2, 0.25) is 0 Å². The number of ketones is 1. The maximum atomic E-state index is 12.3. The normalized spacial score (nSPS) is 14.5. The second-order valence-electron chi connectivity index (χ2n) is 6.79. The molecule has 1 aliphatic rings. The highest BCUT2D eigenvalue weighted by Gasteiger charge is 2.20. The zero-order valence-corrected chi connectivity index (χ0v) is 17.1. The minimum Gasteiger partial charge on any atom is -0.456 e. The average Bonchev–Trinajstić information content (AvgIpc) is 2.91. The van der Waals surface area contributed by atoms with Crippen LogP contribution in [-0.4, -0.2) is 42.3 Å². The quantitative estimate of drug-likeness (QED) is 0.494. The minimum atomic E-state index is -0.546. The summed E-state index contributed by atoms with van der Waals surface area (Å²) in [5.74, 6) is -0.836. The zero-order valence-electron chi connectivity index (χ0n) is 15.5. The van der Waals surface area contributed by atoms with E-state index in [-0.39, 0.29) is 24.8 Å². The number of esters is 1. The third kappa shape index (κ3) is 5.52. The van der Waals surface area contributed by atoms with E-state index >= 15 is 0 Å². The first kappa shape index (κ1) is 20.3. The van der Waals surface area contributed by atoms with Crippen molar-refractivity contribution < 1.29 is 19.1 Å². The number of carbonyl (C=O) groups excluding carboxylic acids is 3. The van der Waals surface area contributed by atoms with E-state index in [4.69, 9.17) is 4.74 Å². The van der Waals surface area contributed by atoms with Crippen LogP contribution in [0.1, 0.15) is 36.0 Å². The van der Waals surface area contributed by atoms with Crippen molar-refractivity contribution in [1.29, 1.82) is 0 Å². The zero-order chi connectivity index (χ0) is 19.9. The number of hydrogen-bond donors (Lipinski definition) is 0. The van der Waals surface area contributed by atoms with E-state index in [2.05, 4.69) is 15.9 Å². The van der Waals surface area contributed by atoms with E-state index in [1.54, 1.807) is 12.1 Å². The Labute approximate surface area is 172 Å². The Morgan fingerprint density at radius 3 is 2.25 bits per heavy atom. The first-order valence-electron chi connectivity index (χ1n) is 9.35. The Morgan fingerprint density at radius 1 is 0.929 bits per heavy atom. The number of hydrogen-bond acceptors (Lipinski definition) is 4. The van der Waals surface area contributed by atoms with Gasteiger partial charge in [-0.2, -0.15) is 0 Å². The van der Waals surface area contributed by atoms with Gasteiger partial charge in [-0.25, -0.2) is 0 Å². The fraction of sp³-hybridized carbons (Fsp3) is 0.318. The number of carbonyl (C=O) groups is 3.